The molecule has 0 bridgehead atoms. The van der Waals surface area contributed by atoms with E-state index in [1.165, 1.54) is 0 Å². The van der Waals surface area contributed by atoms with E-state index in [1.54, 1.807) is 20.4 Å². The van der Waals surface area contributed by atoms with Crippen molar-refractivity contribution in [3.05, 3.63) is 93.1 Å². The number of amides is 2. The molecular weight excluding hydrogens is 737 g/mol. The van der Waals surface area contributed by atoms with Gasteiger partial charge in [-0.25, -0.2) is 9.78 Å². The largest absolute Gasteiger partial charge is 0.496 e. The number of hydrogen-bond acceptors (Lipinski definition) is 8. The standard InChI is InChI=1S/C40H40Cl3N5O5/c1-40(2,3)53-39(50)46-20-23-10-9-22(18-32(23)51-4)36-35(43)27(15-16-45-36)26-7-6-8-28(34(26)42)31-13-12-29-37(48-31)30(41)17-24(38(29)52-5)19-44-21-25-11-14-33(49)47-25/h6-10,12-13,15-18,25,44H,11,14,19-21H2,1-5H3,(H,46,50)(H,47,49)/t25-/m0/s1. The van der Waals surface area contributed by atoms with Crippen molar-refractivity contribution in [3.63, 3.8) is 0 Å². The fourth-order valence-electron chi connectivity index (χ4n) is 6.33. The average molecular weight is 777 g/mol. The van der Waals surface area contributed by atoms with Crippen LogP contribution in [0.25, 0.3) is 44.5 Å². The molecule has 0 saturated carbocycles. The van der Waals surface area contributed by atoms with Crippen LogP contribution < -0.4 is 25.4 Å². The summed E-state index contributed by atoms with van der Waals surface area (Å²) < 4.78 is 16.8. The smallest absolute Gasteiger partial charge is 0.407 e. The molecule has 3 N–H and O–H groups in total. The Morgan fingerprint density at radius 2 is 1.70 bits per heavy atom. The van der Waals surface area contributed by atoms with Crippen molar-refractivity contribution in [2.75, 3.05) is 20.8 Å². The summed E-state index contributed by atoms with van der Waals surface area (Å²) in [6.45, 7) is 6.79. The van der Waals surface area contributed by atoms with E-state index in [9.17, 15) is 9.59 Å². The number of hydrogen-bond donors (Lipinski definition) is 3. The van der Waals surface area contributed by atoms with Gasteiger partial charge in [-0.05, 0) is 57.5 Å². The molecule has 1 fully saturated rings. The number of carbonyl (C=O) groups is 2. The summed E-state index contributed by atoms with van der Waals surface area (Å²) in [6.07, 6.45) is 2.53. The highest BCUT2D eigenvalue weighted by atomic mass is 35.5. The Morgan fingerprint density at radius 1 is 0.925 bits per heavy atom. The quantitative estimate of drug-likeness (QED) is 0.122. The molecule has 276 valence electrons. The van der Waals surface area contributed by atoms with Crippen molar-refractivity contribution in [1.82, 2.24) is 25.9 Å². The molecule has 1 saturated heterocycles. The van der Waals surface area contributed by atoms with Crippen molar-refractivity contribution < 1.29 is 23.8 Å². The van der Waals surface area contributed by atoms with E-state index < -0.39 is 11.7 Å². The lowest BCUT2D eigenvalue weighted by Gasteiger charge is -2.20. The van der Waals surface area contributed by atoms with Crippen LogP contribution in [0.2, 0.25) is 15.1 Å². The first-order valence-corrected chi connectivity index (χ1v) is 18.2. The number of alkyl carbamates (subject to hydrolysis) is 1. The molecule has 3 aromatic carbocycles. The maximum absolute atomic E-state index is 12.2. The Kier molecular flexibility index (Phi) is 11.6. The molecule has 1 atom stereocenters. The number of pyridine rings is 2. The molecule has 6 rings (SSSR count). The fourth-order valence-corrected chi connectivity index (χ4v) is 7.25. The normalized spacial score (nSPS) is 14.3. The SMILES string of the molecule is COc1cc(-c2nccc(-c3cccc(-c4ccc5c(OC)c(CNC[C@@H]6CCC(=O)N6)cc(Cl)c5n4)c3Cl)c2Cl)ccc1CNC(=O)OC(C)(C)C. The summed E-state index contributed by atoms with van der Waals surface area (Å²) in [7, 11) is 3.19. The third kappa shape index (κ3) is 8.63. The number of carbonyl (C=O) groups excluding carboxylic acids is 2. The maximum Gasteiger partial charge on any atom is 0.407 e. The topological polar surface area (TPSA) is 124 Å². The minimum absolute atomic E-state index is 0.0832. The van der Waals surface area contributed by atoms with E-state index in [-0.39, 0.29) is 18.5 Å². The van der Waals surface area contributed by atoms with E-state index in [0.29, 0.717) is 79.7 Å². The first-order chi connectivity index (χ1) is 25.4. The second-order valence-corrected chi connectivity index (χ2v) is 14.8. The number of fused-ring (bicyclic) bond motifs is 1. The van der Waals surface area contributed by atoms with Gasteiger partial charge in [-0.2, -0.15) is 0 Å². The van der Waals surface area contributed by atoms with Gasteiger partial charge in [0.05, 0.1) is 46.2 Å². The Morgan fingerprint density at radius 3 is 2.42 bits per heavy atom. The van der Waals surface area contributed by atoms with Gasteiger partial charge in [0.1, 0.15) is 17.1 Å². The summed E-state index contributed by atoms with van der Waals surface area (Å²) >= 11 is 21.0. The monoisotopic (exact) mass is 775 g/mol. The first kappa shape index (κ1) is 38.1. The van der Waals surface area contributed by atoms with Crippen molar-refractivity contribution in [2.45, 2.75) is 58.3 Å². The van der Waals surface area contributed by atoms with Crippen molar-refractivity contribution in [3.8, 4) is 45.1 Å². The van der Waals surface area contributed by atoms with Crippen molar-refractivity contribution in [2.24, 2.45) is 0 Å². The number of halogens is 3. The Hall–Kier alpha value is -4.61. The molecule has 13 heteroatoms. The molecule has 3 heterocycles. The van der Waals surface area contributed by atoms with E-state index in [1.807, 2.05) is 81.4 Å². The molecule has 0 radical (unpaired) electrons. The van der Waals surface area contributed by atoms with Gasteiger partial charge in [-0.1, -0.05) is 65.1 Å². The number of rotatable bonds is 11. The molecule has 0 unspecified atom stereocenters. The van der Waals surface area contributed by atoms with Crippen LogP contribution in [0, 0.1) is 0 Å². The number of aromatic nitrogens is 2. The highest BCUT2D eigenvalue weighted by Gasteiger charge is 2.22. The van der Waals surface area contributed by atoms with Crippen LogP contribution in [0.15, 0.2) is 66.9 Å². The number of nitrogens with zero attached hydrogens (tertiary/aromatic N) is 2. The van der Waals surface area contributed by atoms with Crippen LogP contribution in [-0.4, -0.2) is 54.4 Å². The lowest BCUT2D eigenvalue weighted by molar-refractivity contribution is -0.119. The predicted octanol–water partition coefficient (Wildman–Crippen LogP) is 9.00. The van der Waals surface area contributed by atoms with Crippen LogP contribution in [0.5, 0.6) is 11.5 Å². The number of benzene rings is 3. The van der Waals surface area contributed by atoms with Gasteiger partial charge in [0.2, 0.25) is 5.91 Å². The lowest BCUT2D eigenvalue weighted by atomic mass is 9.99. The molecular formula is C40H40Cl3N5O5. The molecule has 2 aromatic heterocycles. The third-order valence-electron chi connectivity index (χ3n) is 8.79. The van der Waals surface area contributed by atoms with E-state index in [0.717, 1.165) is 28.5 Å². The molecule has 1 aliphatic rings. The van der Waals surface area contributed by atoms with Crippen LogP contribution in [-0.2, 0) is 22.6 Å². The summed E-state index contributed by atoms with van der Waals surface area (Å²) in [5.41, 5.74) is 5.59. The number of methoxy groups -OCH3 is 2. The zero-order chi connectivity index (χ0) is 37.9. The van der Waals surface area contributed by atoms with Gasteiger partial charge in [-0.15, -0.1) is 0 Å². The van der Waals surface area contributed by atoms with E-state index >= 15 is 0 Å². The summed E-state index contributed by atoms with van der Waals surface area (Å²) in [4.78, 5) is 33.3. The van der Waals surface area contributed by atoms with Gasteiger partial charge < -0.3 is 30.2 Å². The summed E-state index contributed by atoms with van der Waals surface area (Å²) in [6, 6.07) is 18.9. The molecule has 10 nitrogen and oxygen atoms in total. The minimum Gasteiger partial charge on any atom is -0.496 e. The number of nitrogens with one attached hydrogen (secondary N) is 3. The molecule has 1 aliphatic heterocycles. The Labute approximate surface area is 323 Å². The maximum atomic E-state index is 12.2. The Bertz CT molecular complexity index is 2190. The van der Waals surface area contributed by atoms with Gasteiger partial charge >= 0.3 is 6.09 Å². The fraction of sp³-hybridized carbons (Fsp3) is 0.300. The van der Waals surface area contributed by atoms with Crippen molar-refractivity contribution >= 4 is 57.7 Å². The first-order valence-electron chi connectivity index (χ1n) is 17.1. The molecule has 2 amide bonds. The summed E-state index contributed by atoms with van der Waals surface area (Å²) in [5, 5.41) is 11.3. The van der Waals surface area contributed by atoms with Crippen molar-refractivity contribution in [1.29, 1.82) is 0 Å². The van der Waals surface area contributed by atoms with Crippen LogP contribution in [0.3, 0.4) is 0 Å². The predicted molar refractivity (Wildman–Crippen MR) is 210 cm³/mol. The van der Waals surface area contributed by atoms with Gasteiger partial charge in [0.15, 0.2) is 0 Å². The minimum atomic E-state index is -0.609. The van der Waals surface area contributed by atoms with Crippen LogP contribution in [0.4, 0.5) is 4.79 Å². The second kappa shape index (κ2) is 16.2. The second-order valence-electron chi connectivity index (χ2n) is 13.6. The Balaban J connectivity index is 1.27. The molecule has 53 heavy (non-hydrogen) atoms. The third-order valence-corrected chi connectivity index (χ3v) is 9.87. The summed E-state index contributed by atoms with van der Waals surface area (Å²) in [5.74, 6) is 1.31. The highest BCUT2D eigenvalue weighted by molar-refractivity contribution is 6.39. The van der Waals surface area contributed by atoms with Crippen LogP contribution >= 0.6 is 34.8 Å². The lowest BCUT2D eigenvalue weighted by Crippen LogP contribution is -2.35. The highest BCUT2D eigenvalue weighted by Crippen LogP contribution is 2.43. The zero-order valence-corrected chi connectivity index (χ0v) is 32.3. The van der Waals surface area contributed by atoms with E-state index in [2.05, 4.69) is 20.9 Å². The molecule has 0 spiro atoms. The van der Waals surface area contributed by atoms with Crippen LogP contribution in [0.1, 0.15) is 44.7 Å². The number of ether oxygens (including phenoxy) is 3. The van der Waals surface area contributed by atoms with Gasteiger partial charge in [0.25, 0.3) is 0 Å². The zero-order valence-electron chi connectivity index (χ0n) is 30.0. The van der Waals surface area contributed by atoms with Gasteiger partial charge in [-0.3, -0.25) is 9.78 Å². The average Bonchev–Trinajstić information content (AvgIpc) is 3.55. The van der Waals surface area contributed by atoms with E-state index in [4.69, 9.17) is 54.0 Å². The molecule has 5 aromatic rings. The molecule has 0 aliphatic carbocycles. The van der Waals surface area contributed by atoms with Gasteiger partial charge in [0, 0.05) is 77.1 Å².